The summed E-state index contributed by atoms with van der Waals surface area (Å²) in [7, 11) is 0. The summed E-state index contributed by atoms with van der Waals surface area (Å²) in [4.78, 5) is 12.9. The number of hydrogen-bond donors (Lipinski definition) is 1. The summed E-state index contributed by atoms with van der Waals surface area (Å²) in [6, 6.07) is 5.01. The second-order valence-corrected chi connectivity index (χ2v) is 4.65. The molecule has 1 aromatic carbocycles. The average Bonchev–Trinajstić information content (AvgIpc) is 2.32. The third-order valence-corrected chi connectivity index (χ3v) is 3.03. The molecular formula is C14H20FNO2. The average molecular weight is 253 g/mol. The van der Waals surface area contributed by atoms with Gasteiger partial charge in [0.2, 0.25) is 0 Å². The van der Waals surface area contributed by atoms with Gasteiger partial charge in [0.05, 0.1) is 5.92 Å². The molecule has 1 unspecified atom stereocenters. The maximum Gasteiger partial charge on any atom is 0.307 e. The Bertz CT molecular complexity index is 420. The Balaban J connectivity index is 2.67. The van der Waals surface area contributed by atoms with Crippen LogP contribution in [0, 0.1) is 18.7 Å². The molecule has 0 aliphatic carbocycles. The van der Waals surface area contributed by atoms with E-state index in [-0.39, 0.29) is 5.82 Å². The van der Waals surface area contributed by atoms with Crippen LogP contribution >= 0.6 is 0 Å². The largest absolute Gasteiger partial charge is 0.481 e. The van der Waals surface area contributed by atoms with E-state index in [9.17, 15) is 9.18 Å². The second kappa shape index (κ2) is 6.50. The monoisotopic (exact) mass is 253 g/mol. The lowest BCUT2D eigenvalue weighted by atomic mass is 10.1. The highest BCUT2D eigenvalue weighted by Gasteiger charge is 2.15. The van der Waals surface area contributed by atoms with Crippen molar-refractivity contribution < 1.29 is 14.3 Å². The molecule has 100 valence electrons. The number of aryl methyl sites for hydroxylation is 1. The summed E-state index contributed by atoms with van der Waals surface area (Å²) in [5.74, 6) is -1.39. The maximum absolute atomic E-state index is 13.1. The first-order valence-electron chi connectivity index (χ1n) is 6.14. The Morgan fingerprint density at radius 1 is 1.50 bits per heavy atom. The van der Waals surface area contributed by atoms with Crippen molar-refractivity contribution >= 4 is 5.97 Å². The molecule has 3 nitrogen and oxygen atoms in total. The molecule has 4 heteroatoms. The van der Waals surface area contributed by atoms with Gasteiger partial charge in [0.15, 0.2) is 0 Å². The molecule has 0 radical (unpaired) electrons. The summed E-state index contributed by atoms with van der Waals surface area (Å²) >= 11 is 0. The Hall–Kier alpha value is -1.42. The standard InChI is InChI=1S/C14H20FNO2/c1-4-16(8-11(3)14(17)18)9-12-5-6-13(15)10(2)7-12/h5-7,11H,4,8-9H2,1-3H3,(H,17,18). The van der Waals surface area contributed by atoms with Gasteiger partial charge in [0.1, 0.15) is 5.82 Å². The quantitative estimate of drug-likeness (QED) is 0.847. The fourth-order valence-electron chi connectivity index (χ4n) is 1.83. The number of halogens is 1. The fourth-order valence-corrected chi connectivity index (χ4v) is 1.83. The molecule has 0 fully saturated rings. The van der Waals surface area contributed by atoms with Gasteiger partial charge in [-0.25, -0.2) is 4.39 Å². The number of nitrogens with zero attached hydrogens (tertiary/aromatic N) is 1. The molecule has 1 rings (SSSR count). The van der Waals surface area contributed by atoms with E-state index in [2.05, 4.69) is 0 Å². The topological polar surface area (TPSA) is 40.5 Å². The van der Waals surface area contributed by atoms with E-state index in [1.54, 1.807) is 19.9 Å². The van der Waals surface area contributed by atoms with Crippen molar-refractivity contribution in [2.75, 3.05) is 13.1 Å². The molecule has 1 N–H and O–H groups in total. The van der Waals surface area contributed by atoms with Gasteiger partial charge in [-0.3, -0.25) is 9.69 Å². The Kier molecular flexibility index (Phi) is 5.28. The van der Waals surface area contributed by atoms with Crippen LogP contribution in [0.4, 0.5) is 4.39 Å². The SMILES string of the molecule is CCN(Cc1ccc(F)c(C)c1)CC(C)C(=O)O. The van der Waals surface area contributed by atoms with Gasteiger partial charge in [0, 0.05) is 13.1 Å². The zero-order valence-corrected chi connectivity index (χ0v) is 11.1. The predicted molar refractivity (Wildman–Crippen MR) is 68.9 cm³/mol. The number of hydrogen-bond acceptors (Lipinski definition) is 2. The number of carbonyl (C=O) groups is 1. The fraction of sp³-hybridized carbons (Fsp3) is 0.500. The summed E-state index contributed by atoms with van der Waals surface area (Å²) in [6.07, 6.45) is 0. The van der Waals surface area contributed by atoms with Gasteiger partial charge in [-0.15, -0.1) is 0 Å². The molecule has 0 amide bonds. The second-order valence-electron chi connectivity index (χ2n) is 4.65. The third kappa shape index (κ3) is 4.11. The number of carboxylic acids is 1. The lowest BCUT2D eigenvalue weighted by Crippen LogP contribution is -2.31. The molecule has 1 atom stereocenters. The van der Waals surface area contributed by atoms with Gasteiger partial charge in [-0.05, 0) is 30.7 Å². The van der Waals surface area contributed by atoms with Crippen molar-refractivity contribution in [1.82, 2.24) is 4.90 Å². The molecule has 0 heterocycles. The lowest BCUT2D eigenvalue weighted by molar-refractivity contribution is -0.141. The number of rotatable bonds is 6. The zero-order valence-electron chi connectivity index (χ0n) is 11.1. The summed E-state index contributed by atoms with van der Waals surface area (Å²) in [6.45, 7) is 7.34. The van der Waals surface area contributed by atoms with E-state index >= 15 is 0 Å². The van der Waals surface area contributed by atoms with Crippen LogP contribution in [0.25, 0.3) is 0 Å². The van der Waals surface area contributed by atoms with Crippen molar-refractivity contribution in [2.45, 2.75) is 27.3 Å². The van der Waals surface area contributed by atoms with E-state index in [0.29, 0.717) is 18.7 Å². The molecule has 0 aliphatic heterocycles. The van der Waals surface area contributed by atoms with Crippen LogP contribution in [0.15, 0.2) is 18.2 Å². The molecule has 0 aromatic heterocycles. The highest BCUT2D eigenvalue weighted by molar-refractivity contribution is 5.69. The molecule has 0 aliphatic rings. The maximum atomic E-state index is 13.1. The van der Waals surface area contributed by atoms with Gasteiger partial charge < -0.3 is 5.11 Å². The van der Waals surface area contributed by atoms with Crippen LogP contribution in [-0.4, -0.2) is 29.1 Å². The van der Waals surface area contributed by atoms with E-state index in [1.165, 1.54) is 6.07 Å². The summed E-state index contributed by atoms with van der Waals surface area (Å²) < 4.78 is 13.1. The van der Waals surface area contributed by atoms with Crippen LogP contribution in [0.5, 0.6) is 0 Å². The minimum atomic E-state index is -0.788. The summed E-state index contributed by atoms with van der Waals surface area (Å²) in [5.41, 5.74) is 1.63. The van der Waals surface area contributed by atoms with Gasteiger partial charge in [0.25, 0.3) is 0 Å². The van der Waals surface area contributed by atoms with Crippen LogP contribution in [0.2, 0.25) is 0 Å². The van der Waals surface area contributed by atoms with Crippen molar-refractivity contribution in [2.24, 2.45) is 5.92 Å². The summed E-state index contributed by atoms with van der Waals surface area (Å²) in [5, 5.41) is 8.90. The normalized spacial score (nSPS) is 12.7. The first-order chi connectivity index (χ1) is 8.43. The van der Waals surface area contributed by atoms with E-state index in [1.807, 2.05) is 17.9 Å². The minimum Gasteiger partial charge on any atom is -0.481 e. The number of carboxylic acid groups (broad SMARTS) is 1. The molecule has 0 spiro atoms. The number of aliphatic carboxylic acids is 1. The molecule has 0 saturated carbocycles. The van der Waals surface area contributed by atoms with E-state index in [0.717, 1.165) is 12.1 Å². The molecule has 18 heavy (non-hydrogen) atoms. The third-order valence-electron chi connectivity index (χ3n) is 3.03. The van der Waals surface area contributed by atoms with Crippen molar-refractivity contribution in [3.63, 3.8) is 0 Å². The minimum absolute atomic E-state index is 0.208. The predicted octanol–water partition coefficient (Wildman–Crippen LogP) is 2.68. The molecule has 0 saturated heterocycles. The van der Waals surface area contributed by atoms with Crippen LogP contribution in [0.3, 0.4) is 0 Å². The zero-order chi connectivity index (χ0) is 13.7. The Morgan fingerprint density at radius 3 is 2.67 bits per heavy atom. The molecule has 0 bridgehead atoms. The van der Waals surface area contributed by atoms with Crippen LogP contribution < -0.4 is 0 Å². The van der Waals surface area contributed by atoms with Gasteiger partial charge in [-0.2, -0.15) is 0 Å². The first kappa shape index (κ1) is 14.6. The van der Waals surface area contributed by atoms with Crippen molar-refractivity contribution in [3.8, 4) is 0 Å². The number of benzene rings is 1. The molecule has 1 aromatic rings. The Labute approximate surface area is 107 Å². The first-order valence-corrected chi connectivity index (χ1v) is 6.14. The smallest absolute Gasteiger partial charge is 0.307 e. The highest BCUT2D eigenvalue weighted by atomic mass is 19.1. The van der Waals surface area contributed by atoms with Crippen LogP contribution in [0.1, 0.15) is 25.0 Å². The van der Waals surface area contributed by atoms with Crippen molar-refractivity contribution in [3.05, 3.63) is 35.1 Å². The lowest BCUT2D eigenvalue weighted by Gasteiger charge is -2.22. The van der Waals surface area contributed by atoms with E-state index in [4.69, 9.17) is 5.11 Å². The highest BCUT2D eigenvalue weighted by Crippen LogP contribution is 2.12. The Morgan fingerprint density at radius 2 is 2.17 bits per heavy atom. The van der Waals surface area contributed by atoms with Crippen LogP contribution in [-0.2, 0) is 11.3 Å². The van der Waals surface area contributed by atoms with Gasteiger partial charge in [-0.1, -0.05) is 26.0 Å². The van der Waals surface area contributed by atoms with Gasteiger partial charge >= 0.3 is 5.97 Å². The van der Waals surface area contributed by atoms with E-state index < -0.39 is 11.9 Å². The molecular weight excluding hydrogens is 233 g/mol. The van der Waals surface area contributed by atoms with Crippen molar-refractivity contribution in [1.29, 1.82) is 0 Å².